The zero-order chi connectivity index (χ0) is 22.0. The lowest BCUT2D eigenvalue weighted by Gasteiger charge is -2.19. The van der Waals surface area contributed by atoms with Crippen LogP contribution in [0.4, 0.5) is 10.2 Å². The highest BCUT2D eigenvalue weighted by molar-refractivity contribution is 6.06. The zero-order valence-electron chi connectivity index (χ0n) is 17.1. The molecule has 0 atom stereocenters. The second kappa shape index (κ2) is 8.36. The quantitative estimate of drug-likeness (QED) is 0.517. The third kappa shape index (κ3) is 4.00. The van der Waals surface area contributed by atoms with E-state index in [-0.39, 0.29) is 22.8 Å². The number of carbonyl (C=O) groups is 1. The highest BCUT2D eigenvalue weighted by Gasteiger charge is 2.21. The van der Waals surface area contributed by atoms with Crippen LogP contribution in [0.25, 0.3) is 16.8 Å². The molecule has 0 unspecified atom stereocenters. The van der Waals surface area contributed by atoms with E-state index in [1.807, 2.05) is 37.3 Å². The summed E-state index contributed by atoms with van der Waals surface area (Å²) in [6.07, 6.45) is 0. The lowest BCUT2D eigenvalue weighted by atomic mass is 10.0. The Morgan fingerprint density at radius 2 is 1.55 bits per heavy atom. The Bertz CT molecular complexity index is 1310. The maximum absolute atomic E-state index is 13.5. The molecule has 0 fully saturated rings. The van der Waals surface area contributed by atoms with Crippen LogP contribution in [-0.2, 0) is 0 Å². The second-order valence-corrected chi connectivity index (χ2v) is 7.16. The first kappa shape index (κ1) is 20.2. The van der Waals surface area contributed by atoms with Gasteiger partial charge in [-0.1, -0.05) is 48.5 Å². The van der Waals surface area contributed by atoms with Gasteiger partial charge < -0.3 is 5.32 Å². The fourth-order valence-electron chi connectivity index (χ4n) is 3.40. The molecule has 154 valence electrons. The van der Waals surface area contributed by atoms with Crippen molar-refractivity contribution in [2.45, 2.75) is 13.8 Å². The normalized spacial score (nSPS) is 10.7. The predicted octanol–water partition coefficient (Wildman–Crippen LogP) is 4.91. The summed E-state index contributed by atoms with van der Waals surface area (Å²) >= 11 is 0. The van der Waals surface area contributed by atoms with Gasteiger partial charge in [-0.05, 0) is 55.3 Å². The number of hydrogen-bond donors (Lipinski definition) is 1. The van der Waals surface area contributed by atoms with Crippen LogP contribution in [0.1, 0.15) is 21.6 Å². The maximum Gasteiger partial charge on any atom is 0.257 e. The molecule has 6 heteroatoms. The number of aryl methyl sites for hydroxylation is 2. The molecule has 4 aromatic rings. The van der Waals surface area contributed by atoms with Gasteiger partial charge in [-0.15, -0.1) is 0 Å². The molecular weight excluding hydrogens is 393 g/mol. The number of nitrogens with one attached hydrogen (secondary N) is 1. The highest BCUT2D eigenvalue weighted by atomic mass is 19.1. The summed E-state index contributed by atoms with van der Waals surface area (Å²) in [6, 6.07) is 22.0. The number of nitrogens with zero attached hydrogens (tertiary/aromatic N) is 2. The number of amides is 1. The van der Waals surface area contributed by atoms with E-state index in [9.17, 15) is 14.0 Å². The third-order valence-corrected chi connectivity index (χ3v) is 5.01. The molecule has 0 spiro atoms. The SMILES string of the molecule is Cc1ccccc1C(=O)Nc1c(-c2ccccc2)c(=O)c(C)nn1-c1ccc(F)cc1. The van der Waals surface area contributed by atoms with E-state index < -0.39 is 5.82 Å². The minimum atomic E-state index is -0.393. The predicted molar refractivity (Wildman–Crippen MR) is 119 cm³/mol. The van der Waals surface area contributed by atoms with Gasteiger partial charge in [0.15, 0.2) is 0 Å². The largest absolute Gasteiger partial charge is 0.306 e. The lowest BCUT2D eigenvalue weighted by molar-refractivity contribution is 0.102. The van der Waals surface area contributed by atoms with Gasteiger partial charge in [-0.2, -0.15) is 5.10 Å². The Hall–Kier alpha value is -4.06. The second-order valence-electron chi connectivity index (χ2n) is 7.16. The molecule has 0 saturated heterocycles. The van der Waals surface area contributed by atoms with Crippen LogP contribution in [0.2, 0.25) is 0 Å². The highest BCUT2D eigenvalue weighted by Crippen LogP contribution is 2.27. The van der Waals surface area contributed by atoms with E-state index in [1.165, 1.54) is 16.8 Å². The van der Waals surface area contributed by atoms with Crippen molar-refractivity contribution >= 4 is 11.7 Å². The van der Waals surface area contributed by atoms with Gasteiger partial charge in [0.25, 0.3) is 5.91 Å². The maximum atomic E-state index is 13.5. The molecule has 0 bridgehead atoms. The van der Waals surface area contributed by atoms with Gasteiger partial charge in [0.2, 0.25) is 5.43 Å². The fourth-order valence-corrected chi connectivity index (χ4v) is 3.40. The topological polar surface area (TPSA) is 64.0 Å². The smallest absolute Gasteiger partial charge is 0.257 e. The van der Waals surface area contributed by atoms with Crippen molar-refractivity contribution in [2.24, 2.45) is 0 Å². The molecule has 0 aliphatic carbocycles. The average molecular weight is 413 g/mol. The van der Waals surface area contributed by atoms with E-state index in [4.69, 9.17) is 0 Å². The van der Waals surface area contributed by atoms with E-state index in [1.54, 1.807) is 43.3 Å². The van der Waals surface area contributed by atoms with E-state index in [0.717, 1.165) is 5.56 Å². The molecule has 31 heavy (non-hydrogen) atoms. The molecular formula is C25H20FN3O2. The van der Waals surface area contributed by atoms with Gasteiger partial charge in [0.05, 0.1) is 11.3 Å². The molecule has 0 saturated carbocycles. The number of carbonyl (C=O) groups excluding carboxylic acids is 1. The first-order valence-corrected chi connectivity index (χ1v) is 9.78. The van der Waals surface area contributed by atoms with Crippen LogP contribution in [0, 0.1) is 19.7 Å². The van der Waals surface area contributed by atoms with Crippen molar-refractivity contribution in [1.29, 1.82) is 0 Å². The Kier molecular flexibility index (Phi) is 5.45. The summed E-state index contributed by atoms with van der Waals surface area (Å²) in [5.74, 6) is -0.534. The molecule has 1 heterocycles. The minimum absolute atomic E-state index is 0.224. The first-order chi connectivity index (χ1) is 15.0. The van der Waals surface area contributed by atoms with Gasteiger partial charge in [-0.3, -0.25) is 9.59 Å². The van der Waals surface area contributed by atoms with E-state index >= 15 is 0 Å². The summed E-state index contributed by atoms with van der Waals surface area (Å²) in [7, 11) is 0. The van der Waals surface area contributed by atoms with Crippen molar-refractivity contribution < 1.29 is 9.18 Å². The monoisotopic (exact) mass is 413 g/mol. The van der Waals surface area contributed by atoms with Crippen molar-refractivity contribution in [3.05, 3.63) is 112 Å². The zero-order valence-corrected chi connectivity index (χ0v) is 17.1. The lowest BCUT2D eigenvalue weighted by Crippen LogP contribution is -2.25. The van der Waals surface area contributed by atoms with Crippen molar-refractivity contribution in [3.63, 3.8) is 0 Å². The summed E-state index contributed by atoms with van der Waals surface area (Å²) in [6.45, 7) is 3.45. The molecule has 1 aromatic heterocycles. The molecule has 0 radical (unpaired) electrons. The number of benzene rings is 3. The summed E-state index contributed by atoms with van der Waals surface area (Å²) in [5, 5.41) is 7.28. The van der Waals surface area contributed by atoms with Crippen LogP contribution in [-0.4, -0.2) is 15.7 Å². The number of rotatable bonds is 4. The average Bonchev–Trinajstić information content (AvgIpc) is 2.78. The Morgan fingerprint density at radius 1 is 0.903 bits per heavy atom. The number of aromatic nitrogens is 2. The number of hydrogen-bond acceptors (Lipinski definition) is 3. The molecule has 5 nitrogen and oxygen atoms in total. The first-order valence-electron chi connectivity index (χ1n) is 9.78. The van der Waals surface area contributed by atoms with Crippen LogP contribution >= 0.6 is 0 Å². The van der Waals surface area contributed by atoms with Crippen molar-refractivity contribution in [2.75, 3.05) is 5.32 Å². The van der Waals surface area contributed by atoms with E-state index in [0.29, 0.717) is 22.4 Å². The summed E-state index contributed by atoms with van der Waals surface area (Å²) in [5.41, 5.74) is 2.74. The molecule has 0 aliphatic heterocycles. The Labute approximate surface area is 178 Å². The number of anilines is 1. The Balaban J connectivity index is 1.97. The third-order valence-electron chi connectivity index (χ3n) is 5.01. The molecule has 4 rings (SSSR count). The van der Waals surface area contributed by atoms with Crippen molar-refractivity contribution in [3.8, 4) is 16.8 Å². The van der Waals surface area contributed by atoms with E-state index in [2.05, 4.69) is 10.4 Å². The molecule has 1 N–H and O–H groups in total. The summed E-state index contributed by atoms with van der Waals surface area (Å²) < 4.78 is 15.0. The van der Waals surface area contributed by atoms with Crippen LogP contribution in [0.15, 0.2) is 83.7 Å². The van der Waals surface area contributed by atoms with Crippen LogP contribution in [0.3, 0.4) is 0 Å². The van der Waals surface area contributed by atoms with Gasteiger partial charge in [0, 0.05) is 5.56 Å². The molecule has 1 amide bonds. The fraction of sp³-hybridized carbons (Fsp3) is 0.0800. The minimum Gasteiger partial charge on any atom is -0.306 e. The number of halogens is 1. The molecule has 3 aromatic carbocycles. The van der Waals surface area contributed by atoms with Gasteiger partial charge in [-0.25, -0.2) is 9.07 Å². The standard InChI is InChI=1S/C25H20FN3O2/c1-16-8-6-7-11-21(16)25(31)27-24-22(18-9-4-3-5-10-18)23(30)17(2)28-29(24)20-14-12-19(26)13-15-20/h3-15H,1-2H3,(H,27,31). The molecule has 0 aliphatic rings. The van der Waals surface area contributed by atoms with Gasteiger partial charge >= 0.3 is 0 Å². The Morgan fingerprint density at radius 3 is 2.23 bits per heavy atom. The van der Waals surface area contributed by atoms with Crippen molar-refractivity contribution in [1.82, 2.24) is 9.78 Å². The van der Waals surface area contributed by atoms with Crippen LogP contribution < -0.4 is 10.7 Å². The summed E-state index contributed by atoms with van der Waals surface area (Å²) in [4.78, 5) is 26.3. The van der Waals surface area contributed by atoms with Crippen LogP contribution in [0.5, 0.6) is 0 Å². The van der Waals surface area contributed by atoms with Gasteiger partial charge in [0.1, 0.15) is 17.3 Å².